The fourth-order valence-corrected chi connectivity index (χ4v) is 1.99. The summed E-state index contributed by atoms with van der Waals surface area (Å²) in [6.45, 7) is 6.98. The zero-order valence-electron chi connectivity index (χ0n) is 12.0. The maximum atomic E-state index is 12.2. The van der Waals surface area contributed by atoms with Crippen LogP contribution in [0.15, 0.2) is 22.7 Å². The average molecular weight is 343 g/mol. The van der Waals surface area contributed by atoms with E-state index < -0.39 is 17.5 Å². The topological polar surface area (TPSA) is 69.6 Å². The molecule has 0 fully saturated rings. The second-order valence-corrected chi connectivity index (χ2v) is 6.40. The minimum Gasteiger partial charge on any atom is -0.480 e. The van der Waals surface area contributed by atoms with E-state index in [1.54, 1.807) is 32.9 Å². The van der Waals surface area contributed by atoms with Crippen LogP contribution in [0.2, 0.25) is 0 Å². The van der Waals surface area contributed by atoms with E-state index in [1.807, 2.05) is 13.0 Å². The number of carboxylic acid groups (broad SMARTS) is 1. The molecule has 1 aromatic rings. The van der Waals surface area contributed by atoms with Crippen molar-refractivity contribution in [3.8, 4) is 0 Å². The number of rotatable bonds is 3. The summed E-state index contributed by atoms with van der Waals surface area (Å²) in [7, 11) is 0. The number of anilines is 1. The fourth-order valence-electron chi connectivity index (χ4n) is 1.61. The minimum atomic E-state index is -1.04. The van der Waals surface area contributed by atoms with Crippen LogP contribution in [0.3, 0.4) is 0 Å². The second-order valence-electron chi connectivity index (χ2n) is 5.54. The lowest BCUT2D eigenvalue weighted by Crippen LogP contribution is -2.50. The maximum Gasteiger partial charge on any atom is 0.323 e. The monoisotopic (exact) mass is 342 g/mol. The summed E-state index contributed by atoms with van der Waals surface area (Å²) in [6, 6.07) is 5.00. The van der Waals surface area contributed by atoms with Crippen LogP contribution in [0.25, 0.3) is 0 Å². The van der Waals surface area contributed by atoms with Gasteiger partial charge in [-0.1, -0.05) is 22.0 Å². The SMILES string of the molecule is Cc1ccc(NC(=O)N(CC(=O)O)C(C)(C)C)cc1Br. The van der Waals surface area contributed by atoms with Crippen LogP contribution in [-0.4, -0.2) is 34.1 Å². The van der Waals surface area contributed by atoms with Crippen molar-refractivity contribution in [2.75, 3.05) is 11.9 Å². The minimum absolute atomic E-state index is 0.345. The number of carbonyl (C=O) groups excluding carboxylic acids is 1. The van der Waals surface area contributed by atoms with Gasteiger partial charge < -0.3 is 15.3 Å². The number of urea groups is 1. The summed E-state index contributed by atoms with van der Waals surface area (Å²) in [5, 5.41) is 11.6. The smallest absolute Gasteiger partial charge is 0.323 e. The lowest BCUT2D eigenvalue weighted by molar-refractivity contribution is -0.138. The molecule has 110 valence electrons. The number of amides is 2. The third-order valence-electron chi connectivity index (χ3n) is 2.77. The number of nitrogens with zero attached hydrogens (tertiary/aromatic N) is 1. The van der Waals surface area contributed by atoms with Gasteiger partial charge in [0.05, 0.1) is 0 Å². The molecule has 0 saturated carbocycles. The summed E-state index contributed by atoms with van der Waals surface area (Å²) in [6.07, 6.45) is 0. The van der Waals surface area contributed by atoms with Crippen molar-refractivity contribution < 1.29 is 14.7 Å². The molecule has 0 unspecified atom stereocenters. The number of hydrogen-bond donors (Lipinski definition) is 2. The molecular formula is C14H19BrN2O3. The van der Waals surface area contributed by atoms with Crippen LogP contribution < -0.4 is 5.32 Å². The van der Waals surface area contributed by atoms with Crippen LogP contribution in [0, 0.1) is 6.92 Å². The highest BCUT2D eigenvalue weighted by Gasteiger charge is 2.28. The third kappa shape index (κ3) is 4.52. The van der Waals surface area contributed by atoms with Crippen molar-refractivity contribution in [2.24, 2.45) is 0 Å². The van der Waals surface area contributed by atoms with Gasteiger partial charge in [0, 0.05) is 15.7 Å². The predicted octanol–water partition coefficient (Wildman–Crippen LogP) is 3.47. The number of aryl methyl sites for hydroxylation is 1. The first-order valence-corrected chi connectivity index (χ1v) is 6.97. The van der Waals surface area contributed by atoms with Gasteiger partial charge in [-0.2, -0.15) is 0 Å². The molecule has 6 heteroatoms. The van der Waals surface area contributed by atoms with Gasteiger partial charge in [-0.3, -0.25) is 4.79 Å². The van der Waals surface area contributed by atoms with Crippen molar-refractivity contribution in [1.82, 2.24) is 4.90 Å². The van der Waals surface area contributed by atoms with E-state index in [9.17, 15) is 9.59 Å². The van der Waals surface area contributed by atoms with E-state index in [-0.39, 0.29) is 6.54 Å². The van der Waals surface area contributed by atoms with Crippen molar-refractivity contribution in [2.45, 2.75) is 33.2 Å². The maximum absolute atomic E-state index is 12.2. The Balaban J connectivity index is 2.90. The van der Waals surface area contributed by atoms with Crippen LogP contribution >= 0.6 is 15.9 Å². The number of nitrogens with one attached hydrogen (secondary N) is 1. The number of aliphatic carboxylic acids is 1. The Bertz CT molecular complexity index is 524. The van der Waals surface area contributed by atoms with Crippen LogP contribution in [-0.2, 0) is 4.79 Å². The Morgan fingerprint density at radius 2 is 1.95 bits per heavy atom. The summed E-state index contributed by atoms with van der Waals surface area (Å²) in [4.78, 5) is 24.4. The first-order chi connectivity index (χ1) is 9.11. The third-order valence-corrected chi connectivity index (χ3v) is 3.63. The summed E-state index contributed by atoms with van der Waals surface area (Å²) >= 11 is 3.39. The number of carbonyl (C=O) groups is 2. The Morgan fingerprint density at radius 3 is 2.40 bits per heavy atom. The molecule has 0 spiro atoms. The highest BCUT2D eigenvalue weighted by Crippen LogP contribution is 2.22. The van der Waals surface area contributed by atoms with Gasteiger partial charge >= 0.3 is 12.0 Å². The second kappa shape index (κ2) is 6.26. The normalized spacial score (nSPS) is 11.1. The van der Waals surface area contributed by atoms with Crippen molar-refractivity contribution in [3.63, 3.8) is 0 Å². The summed E-state index contributed by atoms with van der Waals surface area (Å²) < 4.78 is 0.885. The standard InChI is InChI=1S/C14H19BrN2O3/c1-9-5-6-10(7-11(9)15)16-13(20)17(8-12(18)19)14(2,3)4/h5-7H,8H2,1-4H3,(H,16,20)(H,18,19). The largest absolute Gasteiger partial charge is 0.480 e. The molecule has 0 aromatic heterocycles. The average Bonchev–Trinajstić information content (AvgIpc) is 2.29. The van der Waals surface area contributed by atoms with Crippen LogP contribution in [0.4, 0.5) is 10.5 Å². The van der Waals surface area contributed by atoms with Crippen molar-refractivity contribution >= 4 is 33.6 Å². The van der Waals surface area contributed by atoms with E-state index in [2.05, 4.69) is 21.2 Å². The number of benzene rings is 1. The van der Waals surface area contributed by atoms with Gasteiger partial charge in [0.1, 0.15) is 6.54 Å². The molecular weight excluding hydrogens is 324 g/mol. The first-order valence-electron chi connectivity index (χ1n) is 6.18. The Kier molecular flexibility index (Phi) is 5.16. The van der Waals surface area contributed by atoms with Crippen LogP contribution in [0.1, 0.15) is 26.3 Å². The molecule has 2 N–H and O–H groups in total. The van der Waals surface area contributed by atoms with Crippen molar-refractivity contribution in [3.05, 3.63) is 28.2 Å². The zero-order valence-corrected chi connectivity index (χ0v) is 13.6. The quantitative estimate of drug-likeness (QED) is 0.883. The molecule has 0 saturated heterocycles. The van der Waals surface area contributed by atoms with Gasteiger partial charge in [0.2, 0.25) is 0 Å². The van der Waals surface area contributed by atoms with E-state index in [4.69, 9.17) is 5.11 Å². The van der Waals surface area contributed by atoms with Crippen molar-refractivity contribution in [1.29, 1.82) is 0 Å². The lowest BCUT2D eigenvalue weighted by Gasteiger charge is -2.34. The van der Waals surface area contributed by atoms with E-state index in [0.717, 1.165) is 10.0 Å². The summed E-state index contributed by atoms with van der Waals surface area (Å²) in [5.41, 5.74) is 1.10. The lowest BCUT2D eigenvalue weighted by atomic mass is 10.1. The molecule has 0 heterocycles. The van der Waals surface area contributed by atoms with Gasteiger partial charge in [0.15, 0.2) is 0 Å². The fraction of sp³-hybridized carbons (Fsp3) is 0.429. The molecule has 0 aliphatic rings. The van der Waals surface area contributed by atoms with E-state index >= 15 is 0 Å². The molecule has 0 bridgehead atoms. The highest BCUT2D eigenvalue weighted by molar-refractivity contribution is 9.10. The molecule has 0 aliphatic heterocycles. The molecule has 20 heavy (non-hydrogen) atoms. The zero-order chi connectivity index (χ0) is 15.5. The van der Waals surface area contributed by atoms with Gasteiger partial charge in [0.25, 0.3) is 0 Å². The summed E-state index contributed by atoms with van der Waals surface area (Å²) in [5.74, 6) is -1.04. The molecule has 1 aromatic carbocycles. The predicted molar refractivity (Wildman–Crippen MR) is 82.0 cm³/mol. The number of carboxylic acids is 1. The number of halogens is 1. The molecule has 1 rings (SSSR count). The van der Waals surface area contributed by atoms with Gasteiger partial charge in [-0.15, -0.1) is 0 Å². The van der Waals surface area contributed by atoms with Gasteiger partial charge in [-0.25, -0.2) is 4.79 Å². The van der Waals surface area contributed by atoms with Gasteiger partial charge in [-0.05, 0) is 45.4 Å². The molecule has 0 radical (unpaired) electrons. The molecule has 5 nitrogen and oxygen atoms in total. The Labute approximate surface area is 127 Å². The molecule has 2 amide bonds. The van der Waals surface area contributed by atoms with E-state index in [1.165, 1.54) is 4.90 Å². The molecule has 0 aliphatic carbocycles. The molecule has 0 atom stereocenters. The number of hydrogen-bond acceptors (Lipinski definition) is 2. The Hall–Kier alpha value is -1.56. The highest BCUT2D eigenvalue weighted by atomic mass is 79.9. The Morgan fingerprint density at radius 1 is 1.35 bits per heavy atom. The first kappa shape index (κ1) is 16.5. The van der Waals surface area contributed by atoms with Crippen LogP contribution in [0.5, 0.6) is 0 Å². The van der Waals surface area contributed by atoms with E-state index in [0.29, 0.717) is 5.69 Å².